The van der Waals surface area contributed by atoms with E-state index in [4.69, 9.17) is 9.57 Å². The number of fused-ring (bicyclic) bond motifs is 3. The zero-order valence-corrected chi connectivity index (χ0v) is 18.9. The van der Waals surface area contributed by atoms with Crippen molar-refractivity contribution in [2.45, 2.75) is 19.0 Å². The van der Waals surface area contributed by atoms with Crippen LogP contribution in [0.3, 0.4) is 0 Å². The Hall–Kier alpha value is -3.32. The first-order chi connectivity index (χ1) is 16.7. The van der Waals surface area contributed by atoms with Crippen LogP contribution in [0.15, 0.2) is 18.3 Å². The van der Waals surface area contributed by atoms with Crippen molar-refractivity contribution < 1.29 is 41.8 Å². The molecule has 0 spiro atoms. The molecule has 3 heterocycles. The average molecular weight is 498 g/mol. The molecule has 3 amide bonds. The number of ether oxygens (including phenoxy) is 1. The third-order valence-electron chi connectivity index (χ3n) is 6.22. The van der Waals surface area contributed by atoms with Crippen molar-refractivity contribution in [1.82, 2.24) is 20.9 Å². The summed E-state index contributed by atoms with van der Waals surface area (Å²) in [6.07, 6.45) is -1.99. The fourth-order valence-electron chi connectivity index (χ4n) is 4.45. The monoisotopic (exact) mass is 498 g/mol. The third-order valence-corrected chi connectivity index (χ3v) is 6.22. The molecule has 4 rings (SSSR count). The van der Waals surface area contributed by atoms with E-state index >= 15 is 0 Å². The summed E-state index contributed by atoms with van der Waals surface area (Å²) in [6.45, 7) is 1.29. The van der Waals surface area contributed by atoms with Crippen LogP contribution in [0.4, 0.5) is 18.0 Å². The Labute approximate surface area is 198 Å². The summed E-state index contributed by atoms with van der Waals surface area (Å²) in [5.74, 6) is -2.36. The second-order valence-corrected chi connectivity index (χ2v) is 8.48. The largest absolute Gasteiger partial charge is 0.497 e. The first-order valence-corrected chi connectivity index (χ1v) is 11.3. The number of hydrogen-bond acceptors (Lipinski definition) is 5. The molecular formula is C22H27F3N5O5+. The lowest BCUT2D eigenvalue weighted by Gasteiger charge is -2.37. The Kier molecular flexibility index (Phi) is 7.17. The van der Waals surface area contributed by atoms with Crippen LogP contribution in [0.1, 0.15) is 21.5 Å². The molecule has 1 fully saturated rings. The number of benzene rings is 1. The van der Waals surface area contributed by atoms with E-state index in [0.717, 1.165) is 28.5 Å². The van der Waals surface area contributed by atoms with Crippen LogP contribution in [-0.2, 0) is 27.2 Å². The summed E-state index contributed by atoms with van der Waals surface area (Å²) in [5.41, 5.74) is 3.54. The van der Waals surface area contributed by atoms with Gasteiger partial charge in [-0.1, -0.05) is 0 Å². The van der Waals surface area contributed by atoms with Crippen molar-refractivity contribution >= 4 is 28.8 Å². The summed E-state index contributed by atoms with van der Waals surface area (Å²) in [7, 11) is 0. The smallest absolute Gasteiger partial charge is 0.369 e. The fourth-order valence-corrected chi connectivity index (χ4v) is 4.45. The molecule has 0 unspecified atom stereocenters. The lowest BCUT2D eigenvalue weighted by molar-refractivity contribution is -1.09. The van der Waals surface area contributed by atoms with Crippen molar-refractivity contribution in [1.29, 1.82) is 0 Å². The Morgan fingerprint density at radius 2 is 1.89 bits per heavy atom. The molecule has 0 bridgehead atoms. The molecule has 190 valence electrons. The molecule has 0 atom stereocenters. The number of nitrogens with zero attached hydrogens (tertiary/aromatic N) is 1. The number of H-pyrrole nitrogens is 1. The van der Waals surface area contributed by atoms with E-state index in [9.17, 15) is 27.6 Å². The highest BCUT2D eigenvalue weighted by Crippen LogP contribution is 2.28. The third kappa shape index (κ3) is 5.68. The van der Waals surface area contributed by atoms with Crippen molar-refractivity contribution in [3.63, 3.8) is 0 Å². The molecule has 35 heavy (non-hydrogen) atoms. The van der Waals surface area contributed by atoms with Gasteiger partial charge in [-0.25, -0.2) is 9.59 Å². The topological polar surface area (TPSA) is 122 Å². The van der Waals surface area contributed by atoms with Crippen molar-refractivity contribution in [3.05, 3.63) is 35.0 Å². The normalized spacial score (nSPS) is 17.4. The van der Waals surface area contributed by atoms with Gasteiger partial charge in [0.15, 0.2) is 0 Å². The minimum absolute atomic E-state index is 0.00662. The van der Waals surface area contributed by atoms with Gasteiger partial charge in [0.2, 0.25) is 0 Å². The number of nitrogens with one attached hydrogen (secondary N) is 4. The maximum absolute atomic E-state index is 12.7. The molecule has 13 heteroatoms. The van der Waals surface area contributed by atoms with E-state index in [1.807, 2.05) is 12.3 Å². The Morgan fingerprint density at radius 1 is 1.14 bits per heavy atom. The maximum atomic E-state index is 12.7. The number of aromatic amines is 1. The van der Waals surface area contributed by atoms with E-state index in [1.54, 1.807) is 6.07 Å². The number of hydroxylamine groups is 3. The first kappa shape index (κ1) is 24.8. The predicted molar refractivity (Wildman–Crippen MR) is 117 cm³/mol. The molecule has 10 nitrogen and oxygen atoms in total. The second-order valence-electron chi connectivity index (χ2n) is 8.48. The van der Waals surface area contributed by atoms with E-state index in [-0.39, 0.29) is 45.3 Å². The number of carbonyl (C=O) groups excluding carboxylic acids is 3. The molecule has 0 radical (unpaired) electrons. The number of quaternary nitrogens is 1. The molecule has 1 aromatic heterocycles. The summed E-state index contributed by atoms with van der Waals surface area (Å²) in [6, 6.07) is 3.17. The van der Waals surface area contributed by atoms with Crippen molar-refractivity contribution in [2.75, 3.05) is 52.5 Å². The summed E-state index contributed by atoms with van der Waals surface area (Å²) in [5, 5.41) is 9.15. The number of amides is 3. The average Bonchev–Trinajstić information content (AvgIpc) is 3.23. The first-order valence-electron chi connectivity index (χ1n) is 11.3. The molecule has 1 saturated heterocycles. The maximum Gasteiger partial charge on any atom is 0.497 e. The number of carbonyl (C=O) groups is 3. The molecule has 4 N–H and O–H groups in total. The summed E-state index contributed by atoms with van der Waals surface area (Å²) in [4.78, 5) is 43.7. The zero-order valence-electron chi connectivity index (χ0n) is 18.9. The molecular weight excluding hydrogens is 471 g/mol. The van der Waals surface area contributed by atoms with E-state index < -0.39 is 22.8 Å². The van der Waals surface area contributed by atoms with Gasteiger partial charge in [-0.3, -0.25) is 9.63 Å². The Balaban J connectivity index is 1.29. The SMILES string of the molecule is O=C(NCCc1c[nH]c2ccc3c(c12)CCNC3=O)NCC[N+]1(OC(=O)C(F)(F)F)CCOCC1. The van der Waals surface area contributed by atoms with Crippen molar-refractivity contribution in [2.24, 2.45) is 0 Å². The highest BCUT2D eigenvalue weighted by atomic mass is 19.4. The van der Waals surface area contributed by atoms with Gasteiger partial charge in [-0.2, -0.15) is 13.2 Å². The van der Waals surface area contributed by atoms with E-state index in [2.05, 4.69) is 20.9 Å². The van der Waals surface area contributed by atoms with Gasteiger partial charge in [-0.05, 0) is 36.1 Å². The van der Waals surface area contributed by atoms with E-state index in [1.165, 1.54) is 0 Å². The lowest BCUT2D eigenvalue weighted by atomic mass is 9.94. The number of rotatable bonds is 7. The van der Waals surface area contributed by atoms with Gasteiger partial charge in [0.25, 0.3) is 5.91 Å². The lowest BCUT2D eigenvalue weighted by Crippen LogP contribution is -2.59. The summed E-state index contributed by atoms with van der Waals surface area (Å²) < 4.78 is 42.6. The number of aromatic nitrogens is 1. The summed E-state index contributed by atoms with van der Waals surface area (Å²) >= 11 is 0. The van der Waals surface area contributed by atoms with Gasteiger partial charge in [0.05, 0.1) is 19.8 Å². The molecule has 2 aromatic rings. The van der Waals surface area contributed by atoms with Crippen LogP contribution in [0.25, 0.3) is 10.9 Å². The number of alkyl halides is 3. The van der Waals surface area contributed by atoms with Crippen molar-refractivity contribution in [3.8, 4) is 0 Å². The minimum Gasteiger partial charge on any atom is -0.369 e. The van der Waals surface area contributed by atoms with E-state index in [0.29, 0.717) is 25.1 Å². The Bertz CT molecular complexity index is 1110. The molecule has 1 aromatic carbocycles. The molecule has 2 aliphatic rings. The zero-order chi connectivity index (χ0) is 25.1. The van der Waals surface area contributed by atoms with Gasteiger partial charge >= 0.3 is 18.2 Å². The quantitative estimate of drug-likeness (QED) is 0.427. The highest BCUT2D eigenvalue weighted by Gasteiger charge is 2.48. The van der Waals surface area contributed by atoms with Crippen LogP contribution in [0.2, 0.25) is 0 Å². The van der Waals surface area contributed by atoms with Gasteiger partial charge in [0, 0.05) is 35.8 Å². The van der Waals surface area contributed by atoms with Crippen LogP contribution in [-0.4, -0.2) is 86.2 Å². The molecule has 0 saturated carbocycles. The van der Waals surface area contributed by atoms with Gasteiger partial charge in [0.1, 0.15) is 19.6 Å². The van der Waals surface area contributed by atoms with Crippen LogP contribution in [0, 0.1) is 0 Å². The van der Waals surface area contributed by atoms with Crippen LogP contribution >= 0.6 is 0 Å². The second kappa shape index (κ2) is 10.1. The van der Waals surface area contributed by atoms with Crippen LogP contribution < -0.4 is 16.0 Å². The Morgan fingerprint density at radius 3 is 2.63 bits per heavy atom. The highest BCUT2D eigenvalue weighted by molar-refractivity contribution is 6.02. The fraction of sp³-hybridized carbons (Fsp3) is 0.500. The molecule has 2 aliphatic heterocycles. The molecule has 0 aliphatic carbocycles. The van der Waals surface area contributed by atoms with Gasteiger partial charge in [-0.15, -0.1) is 4.65 Å². The number of hydrogen-bond donors (Lipinski definition) is 4. The van der Waals surface area contributed by atoms with Crippen LogP contribution in [0.5, 0.6) is 0 Å². The number of urea groups is 1. The minimum atomic E-state index is -5.10. The number of morpholine rings is 1. The van der Waals surface area contributed by atoms with Gasteiger partial charge < -0.3 is 25.7 Å². The predicted octanol–water partition coefficient (Wildman–Crippen LogP) is 1.16. The standard InChI is InChI=1S/C22H26F3N5O5/c23-22(24,25)20(32)35-30(9-11-34-12-10-30)8-7-28-21(33)27-5-3-14-13-29-17-2-1-16-15(18(14)17)4-6-26-19(16)31/h1-2,13H,3-12H2,(H3-,26,27,28,29,31,33)/p+1. The number of halogens is 3.